The van der Waals surface area contributed by atoms with Crippen LogP contribution in [0, 0.1) is 0 Å². The van der Waals surface area contributed by atoms with E-state index in [2.05, 4.69) is 10.1 Å². The van der Waals surface area contributed by atoms with Gasteiger partial charge in [-0.05, 0) is 47.9 Å². The molecule has 0 aliphatic heterocycles. The lowest BCUT2D eigenvalue weighted by atomic mass is 10.1. The van der Waals surface area contributed by atoms with Crippen LogP contribution in [0.3, 0.4) is 0 Å². The molecule has 2 aromatic heterocycles. The van der Waals surface area contributed by atoms with Crippen molar-refractivity contribution in [1.82, 2.24) is 14.6 Å². The molecule has 0 aliphatic rings. The number of nitrogens with zero attached hydrogens (tertiary/aromatic N) is 3. The summed E-state index contributed by atoms with van der Waals surface area (Å²) in [5.74, 6) is 1.52. The highest BCUT2D eigenvalue weighted by Crippen LogP contribution is 2.14. The molecular formula is C23H21N3O4S. The van der Waals surface area contributed by atoms with Crippen molar-refractivity contribution in [3.05, 3.63) is 90.6 Å². The number of thiazole rings is 1. The Morgan fingerprint density at radius 1 is 1.03 bits per heavy atom. The van der Waals surface area contributed by atoms with E-state index >= 15 is 0 Å². The zero-order valence-electron chi connectivity index (χ0n) is 17.2. The van der Waals surface area contributed by atoms with Gasteiger partial charge in [0.15, 0.2) is 0 Å². The predicted molar refractivity (Wildman–Crippen MR) is 120 cm³/mol. The first-order chi connectivity index (χ1) is 15.1. The Morgan fingerprint density at radius 2 is 1.74 bits per heavy atom. The largest absolute Gasteiger partial charge is 0.497 e. The number of benzene rings is 2. The Bertz CT molecular complexity index is 1360. The van der Waals surface area contributed by atoms with Crippen molar-refractivity contribution in [2.45, 2.75) is 19.8 Å². The van der Waals surface area contributed by atoms with Crippen LogP contribution in [0.25, 0.3) is 11.0 Å². The highest BCUT2D eigenvalue weighted by Gasteiger charge is 2.12. The van der Waals surface area contributed by atoms with Crippen molar-refractivity contribution in [3.63, 3.8) is 0 Å². The first-order valence-electron chi connectivity index (χ1n) is 9.87. The molecule has 158 valence electrons. The van der Waals surface area contributed by atoms with Crippen LogP contribution in [-0.2, 0) is 6.42 Å². The van der Waals surface area contributed by atoms with Crippen LogP contribution in [0.1, 0.15) is 30.2 Å². The number of fused-ring (bicyclic) bond motifs is 1. The molecule has 0 N–H and O–H groups in total. The van der Waals surface area contributed by atoms with E-state index in [1.165, 1.54) is 4.52 Å². The number of hydrogen-bond acceptors (Lipinski definition) is 7. The van der Waals surface area contributed by atoms with E-state index < -0.39 is 5.56 Å². The third kappa shape index (κ3) is 4.64. The maximum atomic E-state index is 12.8. The Morgan fingerprint density at radius 3 is 2.42 bits per heavy atom. The lowest BCUT2D eigenvalue weighted by Gasteiger charge is -2.05. The van der Waals surface area contributed by atoms with Crippen molar-refractivity contribution >= 4 is 22.4 Å². The average molecular weight is 436 g/mol. The standard InChI is InChI=1S/C23H21N3O4S/c1-3-12-30-18-10-6-15(7-11-18)13-19-21(27)24-23-26(25-19)22(28)20(31-23)14-16-4-8-17(29-2)9-5-16/h4-11,14H,3,12-13H2,1-2H3/b20-14+. The quantitative estimate of drug-likeness (QED) is 0.444. The van der Waals surface area contributed by atoms with Crippen LogP contribution in [0.4, 0.5) is 0 Å². The molecule has 31 heavy (non-hydrogen) atoms. The Hall–Kier alpha value is -3.52. The maximum Gasteiger partial charge on any atom is 0.296 e. The normalized spacial score (nSPS) is 11.7. The zero-order chi connectivity index (χ0) is 21.8. The van der Waals surface area contributed by atoms with Crippen molar-refractivity contribution in [2.75, 3.05) is 13.7 Å². The molecule has 7 nitrogen and oxygen atoms in total. The molecule has 4 aromatic rings. The summed E-state index contributed by atoms with van der Waals surface area (Å²) < 4.78 is 12.4. The fraction of sp³-hybridized carbons (Fsp3) is 0.217. The van der Waals surface area contributed by atoms with Crippen molar-refractivity contribution in [1.29, 1.82) is 0 Å². The first kappa shape index (κ1) is 20.7. The van der Waals surface area contributed by atoms with E-state index in [1.54, 1.807) is 13.2 Å². The lowest BCUT2D eigenvalue weighted by molar-refractivity contribution is 0.317. The van der Waals surface area contributed by atoms with Gasteiger partial charge in [-0.3, -0.25) is 9.59 Å². The second-order valence-corrected chi connectivity index (χ2v) is 7.93. The van der Waals surface area contributed by atoms with Crippen molar-refractivity contribution < 1.29 is 9.47 Å². The number of rotatable bonds is 7. The van der Waals surface area contributed by atoms with Gasteiger partial charge in [0.2, 0.25) is 4.96 Å². The summed E-state index contributed by atoms with van der Waals surface area (Å²) in [6, 6.07) is 14.8. The minimum atomic E-state index is -0.427. The summed E-state index contributed by atoms with van der Waals surface area (Å²) in [5.41, 5.74) is 1.24. The molecule has 0 bridgehead atoms. The lowest BCUT2D eigenvalue weighted by Crippen LogP contribution is -2.28. The fourth-order valence-electron chi connectivity index (χ4n) is 3.02. The maximum absolute atomic E-state index is 12.8. The van der Waals surface area contributed by atoms with Gasteiger partial charge in [0, 0.05) is 6.42 Å². The minimum Gasteiger partial charge on any atom is -0.497 e. The highest BCUT2D eigenvalue weighted by atomic mass is 32.1. The van der Waals surface area contributed by atoms with E-state index in [0.29, 0.717) is 11.1 Å². The van der Waals surface area contributed by atoms with Crippen molar-refractivity contribution in [2.24, 2.45) is 0 Å². The van der Waals surface area contributed by atoms with Crippen LogP contribution in [0.5, 0.6) is 11.5 Å². The van der Waals surface area contributed by atoms with Crippen molar-refractivity contribution in [3.8, 4) is 11.5 Å². The van der Waals surface area contributed by atoms with Crippen LogP contribution in [0.15, 0.2) is 58.1 Å². The summed E-state index contributed by atoms with van der Waals surface area (Å²) in [6.45, 7) is 2.70. The molecule has 0 amide bonds. The second kappa shape index (κ2) is 9.09. The molecule has 0 unspecified atom stereocenters. The molecular weight excluding hydrogens is 414 g/mol. The molecule has 2 heterocycles. The fourth-order valence-corrected chi connectivity index (χ4v) is 3.92. The number of hydrogen-bond donors (Lipinski definition) is 0. The molecule has 0 saturated heterocycles. The van der Waals surface area contributed by atoms with Gasteiger partial charge < -0.3 is 9.47 Å². The average Bonchev–Trinajstić information content (AvgIpc) is 3.08. The molecule has 0 fully saturated rings. The Kier molecular flexibility index (Phi) is 6.08. The van der Waals surface area contributed by atoms with Crippen LogP contribution < -0.4 is 25.1 Å². The van der Waals surface area contributed by atoms with Gasteiger partial charge in [-0.25, -0.2) is 0 Å². The Balaban J connectivity index is 1.65. The van der Waals surface area contributed by atoms with Gasteiger partial charge in [0.05, 0.1) is 18.2 Å². The monoisotopic (exact) mass is 435 g/mol. The molecule has 0 aliphatic carbocycles. The minimum absolute atomic E-state index is 0.227. The molecule has 4 rings (SSSR count). The molecule has 0 radical (unpaired) electrons. The second-order valence-electron chi connectivity index (χ2n) is 6.92. The summed E-state index contributed by atoms with van der Waals surface area (Å²) in [4.78, 5) is 29.6. The number of ether oxygens (including phenoxy) is 2. The van der Waals surface area contributed by atoms with Gasteiger partial charge >= 0.3 is 0 Å². The summed E-state index contributed by atoms with van der Waals surface area (Å²) in [6.07, 6.45) is 2.97. The molecule has 0 atom stereocenters. The van der Waals surface area contributed by atoms with Crippen LogP contribution in [-0.4, -0.2) is 28.3 Å². The SMILES string of the molecule is CCCOc1ccc(Cc2nn3c(=O)/c(=C\c4ccc(OC)cc4)sc3nc2=O)cc1. The van der Waals surface area contributed by atoms with Gasteiger partial charge in [0.25, 0.3) is 11.1 Å². The van der Waals surface area contributed by atoms with E-state index in [-0.39, 0.29) is 22.6 Å². The first-order valence-corrected chi connectivity index (χ1v) is 10.7. The van der Waals surface area contributed by atoms with Gasteiger partial charge in [-0.1, -0.05) is 42.5 Å². The van der Waals surface area contributed by atoms with Crippen LogP contribution in [0.2, 0.25) is 0 Å². The van der Waals surface area contributed by atoms with Crippen LogP contribution >= 0.6 is 11.3 Å². The predicted octanol–water partition coefficient (Wildman–Crippen LogP) is 2.45. The van der Waals surface area contributed by atoms with E-state index in [1.807, 2.05) is 55.5 Å². The molecule has 0 spiro atoms. The third-order valence-electron chi connectivity index (χ3n) is 4.63. The smallest absolute Gasteiger partial charge is 0.296 e. The molecule has 8 heteroatoms. The van der Waals surface area contributed by atoms with E-state index in [0.717, 1.165) is 40.4 Å². The molecule has 0 saturated carbocycles. The van der Waals surface area contributed by atoms with Gasteiger partial charge in [-0.15, -0.1) is 0 Å². The highest BCUT2D eigenvalue weighted by molar-refractivity contribution is 7.15. The van der Waals surface area contributed by atoms with E-state index in [9.17, 15) is 9.59 Å². The van der Waals surface area contributed by atoms with Gasteiger partial charge in [0.1, 0.15) is 17.2 Å². The number of methoxy groups -OCH3 is 1. The summed E-state index contributed by atoms with van der Waals surface area (Å²) in [5, 5.41) is 4.30. The van der Waals surface area contributed by atoms with Gasteiger partial charge in [-0.2, -0.15) is 14.6 Å². The third-order valence-corrected chi connectivity index (χ3v) is 5.59. The molecule has 2 aromatic carbocycles. The number of aromatic nitrogens is 3. The summed E-state index contributed by atoms with van der Waals surface area (Å²) >= 11 is 1.14. The van der Waals surface area contributed by atoms with E-state index in [4.69, 9.17) is 9.47 Å². The Labute approximate surface area is 182 Å². The zero-order valence-corrected chi connectivity index (χ0v) is 18.0. The topological polar surface area (TPSA) is 82.8 Å². The summed E-state index contributed by atoms with van der Waals surface area (Å²) in [7, 11) is 1.60.